The van der Waals surface area contributed by atoms with Gasteiger partial charge in [-0.1, -0.05) is 56.3 Å². The molecule has 0 unspecified atom stereocenters. The minimum absolute atomic E-state index is 0.383. The van der Waals surface area contributed by atoms with Gasteiger partial charge in [0.15, 0.2) is 0 Å². The number of amides is 2. The topological polar surface area (TPSA) is 49.7 Å². The molecule has 2 aromatic carbocycles. The van der Waals surface area contributed by atoms with Crippen molar-refractivity contribution in [2.75, 3.05) is 0 Å². The lowest BCUT2D eigenvalue weighted by molar-refractivity contribution is 0.0660. The van der Waals surface area contributed by atoms with Crippen LogP contribution in [0.2, 0.25) is 0 Å². The van der Waals surface area contributed by atoms with E-state index < -0.39 is 0 Å². The van der Waals surface area contributed by atoms with Crippen molar-refractivity contribution in [3.63, 3.8) is 0 Å². The average Bonchev–Trinajstić information content (AvgIpc) is 2.85. The number of carbonyl (C=O) groups is 2. The Balaban J connectivity index is 1.76. The van der Waals surface area contributed by atoms with Crippen molar-refractivity contribution in [2.24, 2.45) is 5.10 Å². The highest BCUT2D eigenvalue weighted by atomic mass is 16.2. The first-order valence-corrected chi connectivity index (χ1v) is 8.27. The van der Waals surface area contributed by atoms with Gasteiger partial charge in [0, 0.05) is 0 Å². The van der Waals surface area contributed by atoms with Crippen molar-refractivity contribution in [3.8, 4) is 0 Å². The number of allylic oxidation sites excluding steroid dienone is 1. The van der Waals surface area contributed by atoms with E-state index in [0.717, 1.165) is 16.1 Å². The summed E-state index contributed by atoms with van der Waals surface area (Å²) in [6.45, 7) is 6.20. The van der Waals surface area contributed by atoms with Gasteiger partial charge in [-0.25, -0.2) is 0 Å². The van der Waals surface area contributed by atoms with Crippen molar-refractivity contribution in [1.82, 2.24) is 5.01 Å². The lowest BCUT2D eigenvalue weighted by Crippen LogP contribution is -2.23. The van der Waals surface area contributed by atoms with Crippen molar-refractivity contribution >= 4 is 24.1 Å². The molecule has 0 saturated carbocycles. The number of nitrogens with zero attached hydrogens (tertiary/aromatic N) is 2. The van der Waals surface area contributed by atoms with Gasteiger partial charge in [-0.15, -0.1) is 0 Å². The lowest BCUT2D eigenvalue weighted by atomic mass is 10.0. The fraction of sp³-hybridized carbons (Fsp3) is 0.190. The van der Waals surface area contributed by atoms with Crippen molar-refractivity contribution in [2.45, 2.75) is 26.7 Å². The molecule has 4 nitrogen and oxygen atoms in total. The van der Waals surface area contributed by atoms with Crippen LogP contribution < -0.4 is 0 Å². The Morgan fingerprint density at radius 2 is 1.52 bits per heavy atom. The van der Waals surface area contributed by atoms with E-state index >= 15 is 0 Å². The second kappa shape index (κ2) is 6.85. The summed E-state index contributed by atoms with van der Waals surface area (Å²) in [6.07, 6.45) is 3.50. The van der Waals surface area contributed by atoms with Gasteiger partial charge in [0.1, 0.15) is 0 Å². The number of hydrogen-bond acceptors (Lipinski definition) is 3. The van der Waals surface area contributed by atoms with Crippen LogP contribution >= 0.6 is 0 Å². The van der Waals surface area contributed by atoms with E-state index in [0.29, 0.717) is 17.0 Å². The zero-order valence-corrected chi connectivity index (χ0v) is 14.6. The van der Waals surface area contributed by atoms with Crippen LogP contribution in [0.5, 0.6) is 0 Å². The number of imide groups is 1. The highest BCUT2D eigenvalue weighted by Crippen LogP contribution is 2.22. The Morgan fingerprint density at radius 3 is 2.04 bits per heavy atom. The van der Waals surface area contributed by atoms with Gasteiger partial charge in [0.05, 0.1) is 17.3 Å². The summed E-state index contributed by atoms with van der Waals surface area (Å²) < 4.78 is 0. The summed E-state index contributed by atoms with van der Waals surface area (Å²) in [5, 5.41) is 5.00. The summed E-state index contributed by atoms with van der Waals surface area (Å²) >= 11 is 0. The van der Waals surface area contributed by atoms with Gasteiger partial charge >= 0.3 is 0 Å². The van der Waals surface area contributed by atoms with Crippen molar-refractivity contribution in [1.29, 1.82) is 0 Å². The normalized spacial score (nSPS) is 14.7. The number of hydrogen-bond donors (Lipinski definition) is 0. The fourth-order valence-corrected chi connectivity index (χ4v) is 2.71. The number of benzene rings is 2. The van der Waals surface area contributed by atoms with E-state index in [-0.39, 0.29) is 11.8 Å². The molecule has 25 heavy (non-hydrogen) atoms. The number of rotatable bonds is 4. The second-order valence-corrected chi connectivity index (χ2v) is 6.42. The van der Waals surface area contributed by atoms with E-state index in [4.69, 9.17) is 0 Å². The molecule has 2 amide bonds. The molecular formula is C21H20N2O2. The third-order valence-electron chi connectivity index (χ3n) is 4.15. The molecule has 126 valence electrons. The molecule has 0 saturated heterocycles. The first kappa shape index (κ1) is 16.8. The van der Waals surface area contributed by atoms with Gasteiger partial charge in [-0.2, -0.15) is 10.1 Å². The maximum atomic E-state index is 12.3. The predicted octanol–water partition coefficient (Wildman–Crippen LogP) is 4.50. The summed E-state index contributed by atoms with van der Waals surface area (Å²) in [7, 11) is 0. The zero-order valence-electron chi connectivity index (χ0n) is 14.6. The van der Waals surface area contributed by atoms with Gasteiger partial charge < -0.3 is 0 Å². The van der Waals surface area contributed by atoms with E-state index in [1.807, 2.05) is 13.0 Å². The fourth-order valence-electron chi connectivity index (χ4n) is 2.71. The van der Waals surface area contributed by atoms with Crippen LogP contribution in [0.4, 0.5) is 0 Å². The number of carbonyl (C=O) groups excluding carboxylic acids is 2. The minimum Gasteiger partial charge on any atom is -0.267 e. The van der Waals surface area contributed by atoms with Crippen molar-refractivity contribution in [3.05, 3.63) is 76.4 Å². The molecule has 1 aliphatic rings. The van der Waals surface area contributed by atoms with Crippen LogP contribution in [0, 0.1) is 0 Å². The first-order valence-electron chi connectivity index (χ1n) is 8.27. The highest BCUT2D eigenvalue weighted by molar-refractivity contribution is 6.21. The van der Waals surface area contributed by atoms with Gasteiger partial charge in [0.25, 0.3) is 11.8 Å². The monoisotopic (exact) mass is 332 g/mol. The van der Waals surface area contributed by atoms with Gasteiger partial charge in [-0.3, -0.25) is 9.59 Å². The van der Waals surface area contributed by atoms with Crippen LogP contribution in [0.1, 0.15) is 58.5 Å². The van der Waals surface area contributed by atoms with Crippen LogP contribution in [-0.4, -0.2) is 23.0 Å². The SMILES string of the molecule is CC(/C=N/N1C(=O)c2ccccc2C1=O)=C\c1ccc(C(C)C)cc1. The molecule has 0 spiro atoms. The maximum absolute atomic E-state index is 12.3. The van der Waals surface area contributed by atoms with Crippen LogP contribution in [0.25, 0.3) is 6.08 Å². The van der Waals surface area contributed by atoms with E-state index in [1.165, 1.54) is 11.8 Å². The van der Waals surface area contributed by atoms with Crippen LogP contribution in [0.3, 0.4) is 0 Å². The van der Waals surface area contributed by atoms with Crippen LogP contribution in [0.15, 0.2) is 59.2 Å². The first-order chi connectivity index (χ1) is 12.0. The summed E-state index contributed by atoms with van der Waals surface area (Å²) in [6, 6.07) is 15.1. The number of fused-ring (bicyclic) bond motifs is 1. The quantitative estimate of drug-likeness (QED) is 0.611. The average molecular weight is 332 g/mol. The van der Waals surface area contributed by atoms with Crippen molar-refractivity contribution < 1.29 is 9.59 Å². The van der Waals surface area contributed by atoms with E-state index in [1.54, 1.807) is 24.3 Å². The molecule has 1 heterocycles. The van der Waals surface area contributed by atoms with E-state index in [9.17, 15) is 9.59 Å². The summed E-state index contributed by atoms with van der Waals surface area (Å²) in [4.78, 5) is 24.5. The van der Waals surface area contributed by atoms with Crippen LogP contribution in [-0.2, 0) is 0 Å². The molecule has 4 heteroatoms. The Bertz CT molecular complexity index is 842. The van der Waals surface area contributed by atoms with Gasteiger partial charge in [-0.05, 0) is 41.7 Å². The predicted molar refractivity (Wildman–Crippen MR) is 99.6 cm³/mol. The Morgan fingerprint density at radius 1 is 0.960 bits per heavy atom. The molecule has 1 aliphatic heterocycles. The third-order valence-corrected chi connectivity index (χ3v) is 4.15. The molecule has 2 aromatic rings. The number of hydrazone groups is 1. The Kier molecular flexibility index (Phi) is 4.61. The Labute approximate surface area is 147 Å². The van der Waals surface area contributed by atoms with Gasteiger partial charge in [0.2, 0.25) is 0 Å². The lowest BCUT2D eigenvalue weighted by Gasteiger charge is -2.06. The summed E-state index contributed by atoms with van der Waals surface area (Å²) in [5.41, 5.74) is 3.99. The molecule has 3 rings (SSSR count). The molecule has 0 aromatic heterocycles. The molecule has 0 bridgehead atoms. The molecule has 0 radical (unpaired) electrons. The minimum atomic E-state index is -0.383. The zero-order chi connectivity index (χ0) is 18.0. The second-order valence-electron chi connectivity index (χ2n) is 6.42. The third kappa shape index (κ3) is 3.43. The van der Waals surface area contributed by atoms with E-state index in [2.05, 4.69) is 43.2 Å². The molecular weight excluding hydrogens is 312 g/mol. The Hall–Kier alpha value is -3.01. The molecule has 0 N–H and O–H groups in total. The standard InChI is InChI=1S/C21H20N2O2/c1-14(2)17-10-8-16(9-11-17)12-15(3)13-22-23-20(24)18-6-4-5-7-19(18)21(23)25/h4-14H,1-3H3/b15-12+,22-13+. The maximum Gasteiger partial charge on any atom is 0.282 e. The summed E-state index contributed by atoms with van der Waals surface area (Å²) in [5.74, 6) is -0.272. The smallest absolute Gasteiger partial charge is 0.267 e. The highest BCUT2D eigenvalue weighted by Gasteiger charge is 2.35. The molecule has 0 atom stereocenters. The molecule has 0 aliphatic carbocycles. The molecule has 0 fully saturated rings. The largest absolute Gasteiger partial charge is 0.282 e.